The van der Waals surface area contributed by atoms with E-state index in [1.807, 2.05) is 11.8 Å². The van der Waals surface area contributed by atoms with Gasteiger partial charge in [-0.2, -0.15) is 11.8 Å². The first kappa shape index (κ1) is 13.3. The third-order valence-electron chi connectivity index (χ3n) is 2.93. The summed E-state index contributed by atoms with van der Waals surface area (Å²) in [6, 6.07) is 0.338. The molecule has 4 heteroatoms. The second-order valence-corrected chi connectivity index (χ2v) is 5.82. The van der Waals surface area contributed by atoms with Crippen molar-refractivity contribution < 1.29 is 9.84 Å². The summed E-state index contributed by atoms with van der Waals surface area (Å²) < 4.78 is 5.16. The topological polar surface area (TPSA) is 41.5 Å². The Morgan fingerprint density at radius 3 is 2.73 bits per heavy atom. The summed E-state index contributed by atoms with van der Waals surface area (Å²) in [6.45, 7) is 5.74. The van der Waals surface area contributed by atoms with Gasteiger partial charge in [0, 0.05) is 25.4 Å². The standard InChI is InChI=1S/C11H23NO2S/c1-9(2)10(6-14-3)12-7-11(13)4-5-15-8-11/h9-10,12-13H,4-8H2,1-3H3. The number of thioether (sulfide) groups is 1. The molecule has 90 valence electrons. The van der Waals surface area contributed by atoms with Gasteiger partial charge in [-0.25, -0.2) is 0 Å². The zero-order chi connectivity index (χ0) is 11.3. The summed E-state index contributed by atoms with van der Waals surface area (Å²) in [6.07, 6.45) is 0.905. The van der Waals surface area contributed by atoms with Crippen LogP contribution in [0.4, 0.5) is 0 Å². The van der Waals surface area contributed by atoms with Crippen molar-refractivity contribution in [2.45, 2.75) is 31.9 Å². The molecule has 0 radical (unpaired) electrons. The highest BCUT2D eigenvalue weighted by atomic mass is 32.2. The van der Waals surface area contributed by atoms with Crippen molar-refractivity contribution in [1.82, 2.24) is 5.32 Å². The number of aliphatic hydroxyl groups is 1. The number of hydrogen-bond donors (Lipinski definition) is 2. The number of methoxy groups -OCH3 is 1. The second-order valence-electron chi connectivity index (χ2n) is 4.71. The van der Waals surface area contributed by atoms with Crippen LogP contribution in [0.1, 0.15) is 20.3 Å². The van der Waals surface area contributed by atoms with Gasteiger partial charge in [0.2, 0.25) is 0 Å². The van der Waals surface area contributed by atoms with Crippen LogP contribution >= 0.6 is 11.8 Å². The summed E-state index contributed by atoms with van der Waals surface area (Å²) in [5.41, 5.74) is -0.494. The van der Waals surface area contributed by atoms with Crippen LogP contribution in [0.5, 0.6) is 0 Å². The molecule has 2 atom stereocenters. The summed E-state index contributed by atoms with van der Waals surface area (Å²) in [7, 11) is 1.72. The van der Waals surface area contributed by atoms with Crippen molar-refractivity contribution in [1.29, 1.82) is 0 Å². The van der Waals surface area contributed by atoms with Crippen LogP contribution in [-0.2, 0) is 4.74 Å². The first-order chi connectivity index (χ1) is 7.07. The largest absolute Gasteiger partial charge is 0.388 e. The lowest BCUT2D eigenvalue weighted by Gasteiger charge is -2.28. The molecule has 0 amide bonds. The number of nitrogens with one attached hydrogen (secondary N) is 1. The van der Waals surface area contributed by atoms with Crippen LogP contribution < -0.4 is 5.32 Å². The molecule has 1 aliphatic heterocycles. The Balaban J connectivity index is 2.32. The van der Waals surface area contributed by atoms with Gasteiger partial charge in [-0.1, -0.05) is 13.8 Å². The molecule has 1 aliphatic rings. The Morgan fingerprint density at radius 2 is 2.27 bits per heavy atom. The smallest absolute Gasteiger partial charge is 0.0869 e. The monoisotopic (exact) mass is 233 g/mol. The molecule has 0 saturated carbocycles. The van der Waals surface area contributed by atoms with Crippen LogP contribution in [0, 0.1) is 5.92 Å². The van der Waals surface area contributed by atoms with Gasteiger partial charge in [0.25, 0.3) is 0 Å². The Kier molecular flexibility index (Phi) is 5.39. The quantitative estimate of drug-likeness (QED) is 0.721. The molecule has 15 heavy (non-hydrogen) atoms. The van der Waals surface area contributed by atoms with Gasteiger partial charge in [-0.15, -0.1) is 0 Å². The third kappa shape index (κ3) is 4.31. The van der Waals surface area contributed by atoms with E-state index in [0.29, 0.717) is 25.1 Å². The molecule has 3 nitrogen and oxygen atoms in total. The lowest BCUT2D eigenvalue weighted by atomic mass is 10.0. The van der Waals surface area contributed by atoms with Gasteiger partial charge in [0.15, 0.2) is 0 Å². The van der Waals surface area contributed by atoms with Crippen molar-refractivity contribution in [3.63, 3.8) is 0 Å². The van der Waals surface area contributed by atoms with Crippen LogP contribution in [0.2, 0.25) is 0 Å². The Morgan fingerprint density at radius 1 is 1.53 bits per heavy atom. The van der Waals surface area contributed by atoms with Crippen LogP contribution in [0.3, 0.4) is 0 Å². The molecule has 2 unspecified atom stereocenters. The Labute approximate surface area is 97.0 Å². The first-order valence-electron chi connectivity index (χ1n) is 5.60. The average Bonchev–Trinajstić information content (AvgIpc) is 2.60. The Hall–Kier alpha value is 0.230. The molecule has 2 N–H and O–H groups in total. The molecule has 0 aromatic heterocycles. The minimum Gasteiger partial charge on any atom is -0.388 e. The maximum Gasteiger partial charge on any atom is 0.0869 e. The predicted molar refractivity (Wildman–Crippen MR) is 65.4 cm³/mol. The highest BCUT2D eigenvalue weighted by molar-refractivity contribution is 7.99. The van der Waals surface area contributed by atoms with Crippen LogP contribution in [0.25, 0.3) is 0 Å². The van der Waals surface area contributed by atoms with E-state index in [0.717, 1.165) is 17.9 Å². The molecule has 1 saturated heterocycles. The van der Waals surface area contributed by atoms with E-state index in [2.05, 4.69) is 19.2 Å². The van der Waals surface area contributed by atoms with Crippen molar-refractivity contribution in [2.24, 2.45) is 5.92 Å². The van der Waals surface area contributed by atoms with Gasteiger partial charge in [-0.05, 0) is 18.1 Å². The summed E-state index contributed by atoms with van der Waals surface area (Å²) in [5, 5.41) is 13.6. The van der Waals surface area contributed by atoms with Gasteiger partial charge in [0.05, 0.1) is 12.2 Å². The minimum absolute atomic E-state index is 0.338. The molecule has 0 bridgehead atoms. The zero-order valence-corrected chi connectivity index (χ0v) is 10.8. The van der Waals surface area contributed by atoms with Gasteiger partial charge in [-0.3, -0.25) is 0 Å². The number of hydrogen-bond acceptors (Lipinski definition) is 4. The molecule has 0 spiro atoms. The SMILES string of the molecule is COCC(NCC1(O)CCSC1)C(C)C. The molecule has 0 aromatic rings. The van der Waals surface area contributed by atoms with Crippen LogP contribution in [0.15, 0.2) is 0 Å². The lowest BCUT2D eigenvalue weighted by molar-refractivity contribution is 0.0551. The van der Waals surface area contributed by atoms with Gasteiger partial charge >= 0.3 is 0 Å². The van der Waals surface area contributed by atoms with Crippen molar-refractivity contribution in [3.8, 4) is 0 Å². The highest BCUT2D eigenvalue weighted by Gasteiger charge is 2.32. The van der Waals surface area contributed by atoms with E-state index in [1.54, 1.807) is 7.11 Å². The van der Waals surface area contributed by atoms with Gasteiger partial charge in [0.1, 0.15) is 0 Å². The molecular weight excluding hydrogens is 210 g/mol. The van der Waals surface area contributed by atoms with E-state index in [-0.39, 0.29) is 0 Å². The summed E-state index contributed by atoms with van der Waals surface area (Å²) >= 11 is 1.83. The lowest BCUT2D eigenvalue weighted by Crippen LogP contribution is -2.47. The minimum atomic E-state index is -0.494. The fourth-order valence-electron chi connectivity index (χ4n) is 1.72. The normalized spacial score (nSPS) is 28.6. The number of ether oxygens (including phenoxy) is 1. The fourth-order valence-corrected chi connectivity index (χ4v) is 3.02. The van der Waals surface area contributed by atoms with Crippen molar-refractivity contribution in [2.75, 3.05) is 31.8 Å². The van der Waals surface area contributed by atoms with E-state index < -0.39 is 5.60 Å². The average molecular weight is 233 g/mol. The summed E-state index contributed by atoms with van der Waals surface area (Å²) in [5.74, 6) is 2.47. The van der Waals surface area contributed by atoms with E-state index >= 15 is 0 Å². The molecule has 1 rings (SSSR count). The Bertz CT molecular complexity index is 181. The maximum atomic E-state index is 10.2. The zero-order valence-electron chi connectivity index (χ0n) is 9.95. The highest BCUT2D eigenvalue weighted by Crippen LogP contribution is 2.27. The van der Waals surface area contributed by atoms with Gasteiger partial charge < -0.3 is 15.2 Å². The molecule has 1 fully saturated rings. The van der Waals surface area contributed by atoms with Crippen LogP contribution in [-0.4, -0.2) is 48.5 Å². The maximum absolute atomic E-state index is 10.2. The first-order valence-corrected chi connectivity index (χ1v) is 6.75. The number of rotatable bonds is 6. The van der Waals surface area contributed by atoms with E-state index in [4.69, 9.17) is 4.74 Å². The van der Waals surface area contributed by atoms with E-state index in [1.165, 1.54) is 0 Å². The fraction of sp³-hybridized carbons (Fsp3) is 1.00. The third-order valence-corrected chi connectivity index (χ3v) is 4.16. The predicted octanol–water partition coefficient (Wildman–Crippen LogP) is 1.11. The second kappa shape index (κ2) is 6.09. The molecule has 0 aliphatic carbocycles. The molecular formula is C11H23NO2S. The molecule has 0 aromatic carbocycles. The molecule has 1 heterocycles. The summed E-state index contributed by atoms with van der Waals surface area (Å²) in [4.78, 5) is 0. The van der Waals surface area contributed by atoms with E-state index in [9.17, 15) is 5.11 Å². The van der Waals surface area contributed by atoms with Crippen molar-refractivity contribution in [3.05, 3.63) is 0 Å². The van der Waals surface area contributed by atoms with Crippen molar-refractivity contribution >= 4 is 11.8 Å².